The fourth-order valence-electron chi connectivity index (χ4n) is 1.83. The highest BCUT2D eigenvalue weighted by atomic mass is 79.9. The zero-order chi connectivity index (χ0) is 10.1. The normalized spacial score (nSPS) is 23.2. The van der Waals surface area contributed by atoms with E-state index in [1.165, 1.54) is 14.2 Å². The topological polar surface area (TPSA) is 29.3 Å². The van der Waals surface area contributed by atoms with Crippen LogP contribution in [0, 0.1) is 6.92 Å². The molecule has 0 aromatic carbocycles. The van der Waals surface area contributed by atoms with E-state index < -0.39 is 0 Å². The average Bonchev–Trinajstić information content (AvgIpc) is 2.62. The van der Waals surface area contributed by atoms with Crippen molar-refractivity contribution in [3.63, 3.8) is 0 Å². The van der Waals surface area contributed by atoms with Gasteiger partial charge in [-0.25, -0.2) is 0 Å². The molecule has 1 aromatic rings. The Balaban J connectivity index is 1.97. The van der Waals surface area contributed by atoms with Crippen LogP contribution in [-0.4, -0.2) is 24.0 Å². The van der Waals surface area contributed by atoms with Crippen LogP contribution in [-0.2, 0) is 6.54 Å². The van der Waals surface area contributed by atoms with Crippen molar-refractivity contribution in [3.8, 4) is 0 Å². The number of thiophene rings is 1. The van der Waals surface area contributed by atoms with Crippen LogP contribution in [0.5, 0.6) is 0 Å². The molecule has 1 fully saturated rings. The maximum Gasteiger partial charge on any atom is 0.0730 e. The van der Waals surface area contributed by atoms with E-state index in [0.29, 0.717) is 6.04 Å². The molecule has 0 aliphatic carbocycles. The van der Waals surface area contributed by atoms with Crippen LogP contribution < -0.4 is 5.73 Å². The Bertz CT molecular complexity index is 304. The standard InChI is InChI=1S/C10H15BrN2S/c1-7-4-9(14-10(7)11)6-13-3-2-8(12)5-13/h4,8H,2-3,5-6,12H2,1H3. The monoisotopic (exact) mass is 274 g/mol. The van der Waals surface area contributed by atoms with Gasteiger partial charge >= 0.3 is 0 Å². The van der Waals surface area contributed by atoms with Gasteiger partial charge < -0.3 is 5.73 Å². The first-order chi connectivity index (χ1) is 6.65. The summed E-state index contributed by atoms with van der Waals surface area (Å²) < 4.78 is 1.26. The van der Waals surface area contributed by atoms with Crippen molar-refractivity contribution in [2.45, 2.75) is 25.9 Å². The quantitative estimate of drug-likeness (QED) is 0.897. The Morgan fingerprint density at radius 3 is 3.00 bits per heavy atom. The lowest BCUT2D eigenvalue weighted by molar-refractivity contribution is 0.330. The lowest BCUT2D eigenvalue weighted by Gasteiger charge is -2.13. The van der Waals surface area contributed by atoms with Crippen LogP contribution in [0.2, 0.25) is 0 Å². The molecule has 0 radical (unpaired) electrons. The Hall–Kier alpha value is 0.100. The summed E-state index contributed by atoms with van der Waals surface area (Å²) in [7, 11) is 0. The SMILES string of the molecule is Cc1cc(CN2CCC(N)C2)sc1Br. The molecule has 0 bridgehead atoms. The Kier molecular flexibility index (Phi) is 3.27. The molecule has 2 rings (SSSR count). The number of halogens is 1. The first kappa shape index (κ1) is 10.6. The number of likely N-dealkylation sites (tertiary alicyclic amines) is 1. The van der Waals surface area contributed by atoms with Gasteiger partial charge in [-0.2, -0.15) is 0 Å². The summed E-state index contributed by atoms with van der Waals surface area (Å²) in [4.78, 5) is 3.87. The molecule has 2 heterocycles. The third kappa shape index (κ3) is 2.37. The Morgan fingerprint density at radius 2 is 2.50 bits per heavy atom. The fraction of sp³-hybridized carbons (Fsp3) is 0.600. The molecular weight excluding hydrogens is 260 g/mol. The van der Waals surface area contributed by atoms with Crippen molar-refractivity contribution in [2.75, 3.05) is 13.1 Å². The maximum absolute atomic E-state index is 5.87. The number of hydrogen-bond acceptors (Lipinski definition) is 3. The first-order valence-corrected chi connectivity index (χ1v) is 6.49. The van der Waals surface area contributed by atoms with Gasteiger partial charge in [-0.15, -0.1) is 11.3 Å². The maximum atomic E-state index is 5.87. The summed E-state index contributed by atoms with van der Waals surface area (Å²) in [6.07, 6.45) is 1.14. The smallest absolute Gasteiger partial charge is 0.0730 e. The third-order valence-electron chi connectivity index (χ3n) is 2.60. The predicted molar refractivity (Wildman–Crippen MR) is 64.6 cm³/mol. The van der Waals surface area contributed by atoms with Crippen molar-refractivity contribution < 1.29 is 0 Å². The average molecular weight is 275 g/mol. The molecule has 2 nitrogen and oxygen atoms in total. The summed E-state index contributed by atoms with van der Waals surface area (Å²) in [6.45, 7) is 5.40. The molecule has 0 saturated carbocycles. The summed E-state index contributed by atoms with van der Waals surface area (Å²) >= 11 is 5.39. The predicted octanol–water partition coefficient (Wildman–Crippen LogP) is 2.35. The van der Waals surface area contributed by atoms with Gasteiger partial charge in [0.25, 0.3) is 0 Å². The van der Waals surface area contributed by atoms with Crippen molar-refractivity contribution in [2.24, 2.45) is 5.73 Å². The molecule has 78 valence electrons. The molecule has 1 saturated heterocycles. The number of nitrogens with two attached hydrogens (primary N) is 1. The highest BCUT2D eigenvalue weighted by Crippen LogP contribution is 2.28. The second-order valence-corrected chi connectivity index (χ2v) is 6.41. The van der Waals surface area contributed by atoms with Gasteiger partial charge in [0.05, 0.1) is 3.79 Å². The molecule has 4 heteroatoms. The number of rotatable bonds is 2. The minimum Gasteiger partial charge on any atom is -0.326 e. The molecule has 2 N–H and O–H groups in total. The summed E-state index contributed by atoms with van der Waals surface area (Å²) in [5.74, 6) is 0. The van der Waals surface area contributed by atoms with Gasteiger partial charge in [0.2, 0.25) is 0 Å². The fourth-order valence-corrected chi connectivity index (χ4v) is 3.50. The van der Waals surface area contributed by atoms with Gasteiger partial charge in [-0.1, -0.05) is 0 Å². The van der Waals surface area contributed by atoms with Crippen LogP contribution >= 0.6 is 27.3 Å². The number of nitrogens with zero attached hydrogens (tertiary/aromatic N) is 1. The van der Waals surface area contributed by atoms with Crippen LogP contribution in [0.25, 0.3) is 0 Å². The summed E-state index contributed by atoms with van der Waals surface area (Å²) in [5.41, 5.74) is 7.21. The van der Waals surface area contributed by atoms with Gasteiger partial charge in [0, 0.05) is 30.6 Å². The van der Waals surface area contributed by atoms with E-state index in [-0.39, 0.29) is 0 Å². The van der Waals surface area contributed by atoms with Crippen molar-refractivity contribution >= 4 is 27.3 Å². The summed E-state index contributed by atoms with van der Waals surface area (Å²) in [6, 6.07) is 2.65. The summed E-state index contributed by atoms with van der Waals surface area (Å²) in [5, 5.41) is 0. The van der Waals surface area contributed by atoms with Gasteiger partial charge in [0.1, 0.15) is 0 Å². The molecule has 1 aromatic heterocycles. The molecule has 1 aliphatic rings. The number of hydrogen-bond donors (Lipinski definition) is 1. The van der Waals surface area contributed by atoms with Gasteiger partial charge in [-0.05, 0) is 40.9 Å². The molecule has 1 aliphatic heterocycles. The Labute approximate surface area is 97.2 Å². The zero-order valence-electron chi connectivity index (χ0n) is 8.29. The zero-order valence-corrected chi connectivity index (χ0v) is 10.7. The van der Waals surface area contributed by atoms with E-state index in [4.69, 9.17) is 5.73 Å². The first-order valence-electron chi connectivity index (χ1n) is 4.88. The highest BCUT2D eigenvalue weighted by molar-refractivity contribution is 9.11. The second-order valence-electron chi connectivity index (χ2n) is 3.95. The minimum absolute atomic E-state index is 0.388. The molecule has 0 amide bonds. The molecule has 0 spiro atoms. The van der Waals surface area contributed by atoms with Crippen LogP contribution in [0.3, 0.4) is 0 Å². The third-order valence-corrected chi connectivity index (χ3v) is 4.72. The highest BCUT2D eigenvalue weighted by Gasteiger charge is 2.19. The lowest BCUT2D eigenvalue weighted by atomic mass is 10.3. The largest absolute Gasteiger partial charge is 0.326 e. The van der Waals surface area contributed by atoms with Gasteiger partial charge in [-0.3, -0.25) is 4.90 Å². The van der Waals surface area contributed by atoms with Gasteiger partial charge in [0.15, 0.2) is 0 Å². The van der Waals surface area contributed by atoms with Crippen molar-refractivity contribution in [1.29, 1.82) is 0 Å². The minimum atomic E-state index is 0.388. The van der Waals surface area contributed by atoms with Crippen LogP contribution in [0.15, 0.2) is 9.85 Å². The lowest BCUT2D eigenvalue weighted by Crippen LogP contribution is -2.25. The Morgan fingerprint density at radius 1 is 1.71 bits per heavy atom. The molecular formula is C10H15BrN2S. The van der Waals surface area contributed by atoms with E-state index in [1.807, 2.05) is 11.3 Å². The molecule has 14 heavy (non-hydrogen) atoms. The van der Waals surface area contributed by atoms with Crippen LogP contribution in [0.1, 0.15) is 16.9 Å². The van der Waals surface area contributed by atoms with Crippen LogP contribution in [0.4, 0.5) is 0 Å². The van der Waals surface area contributed by atoms with E-state index in [9.17, 15) is 0 Å². The second kappa shape index (κ2) is 4.31. The van der Waals surface area contributed by atoms with E-state index in [1.54, 1.807) is 0 Å². The van der Waals surface area contributed by atoms with E-state index in [2.05, 4.69) is 33.8 Å². The van der Waals surface area contributed by atoms with Crippen molar-refractivity contribution in [1.82, 2.24) is 4.90 Å². The molecule has 1 atom stereocenters. The number of aryl methyl sites for hydroxylation is 1. The van der Waals surface area contributed by atoms with E-state index >= 15 is 0 Å². The van der Waals surface area contributed by atoms with E-state index in [0.717, 1.165) is 26.1 Å². The van der Waals surface area contributed by atoms with Crippen molar-refractivity contribution in [3.05, 3.63) is 20.3 Å². The molecule has 1 unspecified atom stereocenters.